The summed E-state index contributed by atoms with van der Waals surface area (Å²) in [4.78, 5) is 4.64. The molecule has 0 spiro atoms. The Morgan fingerprint density at radius 3 is 2.00 bits per heavy atom. The van der Waals surface area contributed by atoms with Crippen molar-refractivity contribution >= 4 is 0 Å². The van der Waals surface area contributed by atoms with E-state index in [-0.39, 0.29) is 0 Å². The molecule has 2 nitrogen and oxygen atoms in total. The van der Waals surface area contributed by atoms with E-state index < -0.39 is 0 Å². The highest BCUT2D eigenvalue weighted by Crippen LogP contribution is 2.32. The van der Waals surface area contributed by atoms with E-state index in [0.29, 0.717) is 5.41 Å². The standard InChI is InChI=1S/C16H36N2/c1-8-11-16(3,14-18(6)7)12-9-15(2)10-13-17(4)5/h15H,8-14H2,1-7H3. The van der Waals surface area contributed by atoms with Crippen LogP contribution in [0.3, 0.4) is 0 Å². The van der Waals surface area contributed by atoms with Crippen molar-refractivity contribution < 1.29 is 0 Å². The minimum Gasteiger partial charge on any atom is -0.309 e. The Labute approximate surface area is 116 Å². The molecule has 2 atom stereocenters. The molecule has 18 heavy (non-hydrogen) atoms. The molecule has 0 aliphatic heterocycles. The van der Waals surface area contributed by atoms with Gasteiger partial charge in [-0.3, -0.25) is 0 Å². The summed E-state index contributed by atoms with van der Waals surface area (Å²) in [6, 6.07) is 0. The van der Waals surface area contributed by atoms with Crippen LogP contribution in [-0.2, 0) is 0 Å². The van der Waals surface area contributed by atoms with Crippen LogP contribution in [0, 0.1) is 11.3 Å². The summed E-state index contributed by atoms with van der Waals surface area (Å²) in [5.41, 5.74) is 0.505. The molecule has 2 heteroatoms. The van der Waals surface area contributed by atoms with Gasteiger partial charge in [0.05, 0.1) is 0 Å². The van der Waals surface area contributed by atoms with E-state index in [1.54, 1.807) is 0 Å². The van der Waals surface area contributed by atoms with Gasteiger partial charge in [0.1, 0.15) is 0 Å². The maximum atomic E-state index is 2.47. The number of hydrogen-bond donors (Lipinski definition) is 0. The first-order valence-electron chi connectivity index (χ1n) is 7.58. The molecule has 0 radical (unpaired) electrons. The zero-order chi connectivity index (χ0) is 14.2. The fraction of sp³-hybridized carbons (Fsp3) is 1.00. The highest BCUT2D eigenvalue weighted by Gasteiger charge is 2.24. The molecule has 0 aliphatic rings. The van der Waals surface area contributed by atoms with E-state index >= 15 is 0 Å². The number of nitrogens with zero attached hydrogens (tertiary/aromatic N) is 2. The summed E-state index contributed by atoms with van der Waals surface area (Å²) in [5.74, 6) is 0.853. The summed E-state index contributed by atoms with van der Waals surface area (Å²) >= 11 is 0. The SMILES string of the molecule is CCCC(C)(CCC(C)CCN(C)C)CN(C)C. The van der Waals surface area contributed by atoms with Gasteiger partial charge in [0.15, 0.2) is 0 Å². The second-order valence-corrected chi connectivity index (χ2v) is 7.03. The lowest BCUT2D eigenvalue weighted by Crippen LogP contribution is -2.31. The minimum atomic E-state index is 0.505. The molecule has 0 bridgehead atoms. The molecule has 0 heterocycles. The van der Waals surface area contributed by atoms with Gasteiger partial charge in [-0.1, -0.05) is 33.6 Å². The monoisotopic (exact) mass is 256 g/mol. The smallest absolute Gasteiger partial charge is 0.00292 e. The van der Waals surface area contributed by atoms with Crippen LogP contribution in [-0.4, -0.2) is 51.1 Å². The minimum absolute atomic E-state index is 0.505. The van der Waals surface area contributed by atoms with Gasteiger partial charge >= 0.3 is 0 Å². The zero-order valence-corrected chi connectivity index (χ0v) is 13.9. The fourth-order valence-corrected chi connectivity index (χ4v) is 2.87. The first kappa shape index (κ1) is 17.9. The molecule has 0 fully saturated rings. The molecular weight excluding hydrogens is 220 g/mol. The Balaban J connectivity index is 4.09. The third kappa shape index (κ3) is 8.93. The van der Waals surface area contributed by atoms with Gasteiger partial charge < -0.3 is 9.80 Å². The number of rotatable bonds is 10. The molecule has 0 aromatic heterocycles. The molecule has 0 saturated carbocycles. The Morgan fingerprint density at radius 1 is 0.944 bits per heavy atom. The van der Waals surface area contributed by atoms with Gasteiger partial charge in [0, 0.05) is 6.54 Å². The van der Waals surface area contributed by atoms with Crippen LogP contribution < -0.4 is 0 Å². The van der Waals surface area contributed by atoms with Crippen molar-refractivity contribution in [2.75, 3.05) is 41.3 Å². The van der Waals surface area contributed by atoms with E-state index in [4.69, 9.17) is 0 Å². The van der Waals surface area contributed by atoms with E-state index in [1.165, 1.54) is 45.2 Å². The van der Waals surface area contributed by atoms with E-state index in [0.717, 1.165) is 5.92 Å². The Hall–Kier alpha value is -0.0800. The summed E-state index contributed by atoms with van der Waals surface area (Å²) < 4.78 is 0. The van der Waals surface area contributed by atoms with Gasteiger partial charge in [-0.15, -0.1) is 0 Å². The molecule has 0 N–H and O–H groups in total. The Kier molecular flexibility index (Phi) is 8.89. The van der Waals surface area contributed by atoms with Crippen molar-refractivity contribution in [2.24, 2.45) is 11.3 Å². The Morgan fingerprint density at radius 2 is 1.56 bits per heavy atom. The number of hydrogen-bond acceptors (Lipinski definition) is 2. The molecule has 0 aromatic carbocycles. The van der Waals surface area contributed by atoms with Gasteiger partial charge in [-0.05, 0) is 65.3 Å². The molecule has 0 saturated heterocycles. The lowest BCUT2D eigenvalue weighted by atomic mass is 9.78. The average molecular weight is 256 g/mol. The maximum absolute atomic E-state index is 2.47. The van der Waals surface area contributed by atoms with Crippen molar-refractivity contribution in [3.63, 3.8) is 0 Å². The van der Waals surface area contributed by atoms with E-state index in [9.17, 15) is 0 Å². The molecule has 0 rings (SSSR count). The second-order valence-electron chi connectivity index (χ2n) is 7.03. The fourth-order valence-electron chi connectivity index (χ4n) is 2.87. The van der Waals surface area contributed by atoms with Crippen molar-refractivity contribution in [3.05, 3.63) is 0 Å². The summed E-state index contributed by atoms with van der Waals surface area (Å²) in [5, 5.41) is 0. The molecule has 0 aliphatic carbocycles. The lowest BCUT2D eigenvalue weighted by Gasteiger charge is -2.33. The van der Waals surface area contributed by atoms with E-state index in [1.807, 2.05) is 0 Å². The molecule has 0 aromatic rings. The van der Waals surface area contributed by atoms with Crippen LogP contribution in [0.1, 0.15) is 52.9 Å². The molecule has 110 valence electrons. The summed E-state index contributed by atoms with van der Waals surface area (Å²) in [7, 11) is 8.73. The van der Waals surface area contributed by atoms with Crippen molar-refractivity contribution in [3.8, 4) is 0 Å². The van der Waals surface area contributed by atoms with Gasteiger partial charge in [-0.2, -0.15) is 0 Å². The van der Waals surface area contributed by atoms with Gasteiger partial charge in [0.2, 0.25) is 0 Å². The first-order chi connectivity index (χ1) is 8.29. The topological polar surface area (TPSA) is 6.48 Å². The van der Waals surface area contributed by atoms with Crippen LogP contribution in [0.25, 0.3) is 0 Å². The highest BCUT2D eigenvalue weighted by molar-refractivity contribution is 4.77. The highest BCUT2D eigenvalue weighted by atomic mass is 15.1. The predicted octanol–water partition coefficient (Wildman–Crippen LogP) is 3.72. The third-order valence-electron chi connectivity index (χ3n) is 3.86. The van der Waals surface area contributed by atoms with Crippen LogP contribution in [0.2, 0.25) is 0 Å². The first-order valence-corrected chi connectivity index (χ1v) is 7.58. The van der Waals surface area contributed by atoms with Crippen molar-refractivity contribution in [1.29, 1.82) is 0 Å². The largest absolute Gasteiger partial charge is 0.309 e. The lowest BCUT2D eigenvalue weighted by molar-refractivity contribution is 0.172. The van der Waals surface area contributed by atoms with Gasteiger partial charge in [-0.25, -0.2) is 0 Å². The molecule has 2 unspecified atom stereocenters. The average Bonchev–Trinajstić information content (AvgIpc) is 2.23. The van der Waals surface area contributed by atoms with Crippen LogP contribution in [0.4, 0.5) is 0 Å². The third-order valence-corrected chi connectivity index (χ3v) is 3.86. The van der Waals surface area contributed by atoms with Crippen LogP contribution in [0.5, 0.6) is 0 Å². The van der Waals surface area contributed by atoms with Crippen LogP contribution >= 0.6 is 0 Å². The van der Waals surface area contributed by atoms with Crippen LogP contribution in [0.15, 0.2) is 0 Å². The van der Waals surface area contributed by atoms with Crippen molar-refractivity contribution in [1.82, 2.24) is 9.80 Å². The Bertz CT molecular complexity index is 201. The second kappa shape index (κ2) is 8.92. The predicted molar refractivity (Wildman–Crippen MR) is 83.1 cm³/mol. The zero-order valence-electron chi connectivity index (χ0n) is 13.9. The van der Waals surface area contributed by atoms with E-state index in [2.05, 4.69) is 58.8 Å². The maximum Gasteiger partial charge on any atom is 0.00292 e. The summed E-state index contributed by atoms with van der Waals surface area (Å²) in [6.45, 7) is 9.63. The quantitative estimate of drug-likeness (QED) is 0.588. The van der Waals surface area contributed by atoms with Crippen molar-refractivity contribution in [2.45, 2.75) is 52.9 Å². The molecular formula is C16H36N2. The van der Waals surface area contributed by atoms with Gasteiger partial charge in [0.25, 0.3) is 0 Å². The molecule has 0 amide bonds. The summed E-state index contributed by atoms with van der Waals surface area (Å²) in [6.07, 6.45) is 6.73. The normalized spacial score (nSPS) is 17.2.